The fraction of sp³-hybridized carbons (Fsp3) is 0.500. The second kappa shape index (κ2) is 6.52. The van der Waals surface area contributed by atoms with Gasteiger partial charge in [0, 0.05) is 18.5 Å². The number of rotatable bonds is 2. The predicted molar refractivity (Wildman–Crippen MR) is 102 cm³/mol. The number of amides is 1. The van der Waals surface area contributed by atoms with E-state index in [1.165, 1.54) is 11.3 Å². The summed E-state index contributed by atoms with van der Waals surface area (Å²) in [6, 6.07) is 2.14. The number of nitrogen functional groups attached to an aromatic ring is 2. The zero-order valence-electron chi connectivity index (χ0n) is 14.8. The molecular formula is C18H23N5OS. The van der Waals surface area contributed by atoms with Crippen LogP contribution in [-0.4, -0.2) is 28.9 Å². The van der Waals surface area contributed by atoms with Gasteiger partial charge in [0.15, 0.2) is 0 Å². The van der Waals surface area contributed by atoms with Crippen molar-refractivity contribution in [1.29, 1.82) is 5.26 Å². The van der Waals surface area contributed by atoms with Crippen molar-refractivity contribution in [3.8, 4) is 6.07 Å². The maximum atomic E-state index is 12.9. The Labute approximate surface area is 151 Å². The van der Waals surface area contributed by atoms with Gasteiger partial charge in [0.05, 0.1) is 11.3 Å². The van der Waals surface area contributed by atoms with Crippen molar-refractivity contribution in [2.24, 2.45) is 5.92 Å². The van der Waals surface area contributed by atoms with E-state index in [2.05, 4.69) is 18.0 Å². The number of hydrogen-bond acceptors (Lipinski definition) is 6. The Morgan fingerprint density at radius 2 is 2.00 bits per heavy atom. The van der Waals surface area contributed by atoms with Gasteiger partial charge in [-0.3, -0.25) is 4.79 Å². The van der Waals surface area contributed by atoms with Crippen molar-refractivity contribution in [2.75, 3.05) is 24.6 Å². The molecule has 2 aromatic rings. The molecule has 2 aromatic heterocycles. The summed E-state index contributed by atoms with van der Waals surface area (Å²) in [7, 11) is 0. The summed E-state index contributed by atoms with van der Waals surface area (Å²) in [5.41, 5.74) is 13.9. The van der Waals surface area contributed by atoms with Gasteiger partial charge in [-0.15, -0.1) is 11.3 Å². The number of nitriles is 1. The van der Waals surface area contributed by atoms with Gasteiger partial charge in [-0.1, -0.05) is 20.8 Å². The number of carbonyl (C=O) groups excluding carboxylic acids is 1. The van der Waals surface area contributed by atoms with Gasteiger partial charge >= 0.3 is 0 Å². The normalized spacial score (nSPS) is 15.7. The highest BCUT2D eigenvalue weighted by atomic mass is 32.1. The molecule has 0 spiro atoms. The van der Waals surface area contributed by atoms with Crippen LogP contribution in [0.25, 0.3) is 10.2 Å². The lowest BCUT2D eigenvalue weighted by Gasteiger charge is -2.30. The minimum Gasteiger partial charge on any atom is -0.397 e. The van der Waals surface area contributed by atoms with E-state index in [-0.39, 0.29) is 17.6 Å². The Bertz CT molecular complexity index is 872. The average molecular weight is 357 g/mol. The van der Waals surface area contributed by atoms with Crippen LogP contribution in [0.3, 0.4) is 0 Å². The van der Waals surface area contributed by atoms with Crippen LogP contribution in [0.1, 0.15) is 60.3 Å². The topological polar surface area (TPSA) is 109 Å². The smallest absolute Gasteiger partial charge is 0.266 e. The number of nitrogens with two attached hydrogens (primary N) is 2. The van der Waals surface area contributed by atoms with E-state index >= 15 is 0 Å². The molecule has 3 rings (SSSR count). The van der Waals surface area contributed by atoms with Crippen LogP contribution in [0, 0.1) is 17.2 Å². The van der Waals surface area contributed by atoms with E-state index in [1.807, 2.05) is 18.7 Å². The summed E-state index contributed by atoms with van der Waals surface area (Å²) in [6.07, 6.45) is 2.02. The van der Waals surface area contributed by atoms with Crippen molar-refractivity contribution in [1.82, 2.24) is 9.88 Å². The fourth-order valence-corrected chi connectivity index (χ4v) is 4.50. The molecule has 0 saturated carbocycles. The molecule has 0 bridgehead atoms. The number of pyridine rings is 1. The number of anilines is 2. The van der Waals surface area contributed by atoms with Crippen LogP contribution < -0.4 is 11.5 Å². The van der Waals surface area contributed by atoms with Crippen molar-refractivity contribution >= 4 is 39.0 Å². The summed E-state index contributed by atoms with van der Waals surface area (Å²) < 4.78 is 0. The van der Waals surface area contributed by atoms with E-state index in [0.29, 0.717) is 32.3 Å². The van der Waals surface area contributed by atoms with E-state index in [1.54, 1.807) is 0 Å². The Morgan fingerprint density at radius 1 is 1.36 bits per heavy atom. The summed E-state index contributed by atoms with van der Waals surface area (Å²) >= 11 is 1.27. The Kier molecular flexibility index (Phi) is 4.56. The number of carbonyl (C=O) groups is 1. The van der Waals surface area contributed by atoms with Crippen LogP contribution in [-0.2, 0) is 0 Å². The number of piperidine rings is 1. The molecule has 4 N–H and O–H groups in total. The number of fused-ring (bicyclic) bond motifs is 1. The second-order valence-electron chi connectivity index (χ2n) is 7.05. The highest BCUT2D eigenvalue weighted by Crippen LogP contribution is 2.41. The van der Waals surface area contributed by atoms with Gasteiger partial charge in [0.2, 0.25) is 0 Å². The molecule has 3 heterocycles. The first kappa shape index (κ1) is 17.5. The quantitative estimate of drug-likeness (QED) is 0.857. The number of thiophene rings is 1. The zero-order valence-corrected chi connectivity index (χ0v) is 15.6. The first-order chi connectivity index (χ1) is 11.8. The maximum Gasteiger partial charge on any atom is 0.266 e. The van der Waals surface area contributed by atoms with Gasteiger partial charge in [-0.25, -0.2) is 4.98 Å². The van der Waals surface area contributed by atoms with Crippen LogP contribution >= 0.6 is 11.3 Å². The highest BCUT2D eigenvalue weighted by molar-refractivity contribution is 7.21. The second-order valence-corrected chi connectivity index (χ2v) is 8.05. The van der Waals surface area contributed by atoms with E-state index in [0.717, 1.165) is 31.5 Å². The molecule has 0 aliphatic carbocycles. The predicted octanol–water partition coefficient (Wildman–Crippen LogP) is 3.33. The third kappa shape index (κ3) is 2.91. The summed E-state index contributed by atoms with van der Waals surface area (Å²) in [5, 5.41) is 10.2. The summed E-state index contributed by atoms with van der Waals surface area (Å²) in [6.45, 7) is 7.69. The van der Waals surface area contributed by atoms with Crippen molar-refractivity contribution < 1.29 is 4.79 Å². The number of likely N-dealkylation sites (tertiary alicyclic amines) is 1. The molecule has 1 aliphatic rings. The molecule has 1 fully saturated rings. The standard InChI is InChI=1S/C18H23N5OS/c1-9(2)12-11(8-19)16(21)22-17-13(12)14(20)15(25-17)18(24)23-6-4-10(3)5-7-23/h9-10H,4-7,20H2,1-3H3,(H2,21,22). The van der Waals surface area contributed by atoms with E-state index in [9.17, 15) is 10.1 Å². The molecule has 7 heteroatoms. The van der Waals surface area contributed by atoms with Crippen molar-refractivity contribution in [2.45, 2.75) is 39.5 Å². The van der Waals surface area contributed by atoms with Crippen molar-refractivity contribution in [3.63, 3.8) is 0 Å². The first-order valence-corrected chi connectivity index (χ1v) is 9.37. The molecule has 25 heavy (non-hydrogen) atoms. The molecule has 132 valence electrons. The Hall–Kier alpha value is -2.33. The maximum absolute atomic E-state index is 12.9. The summed E-state index contributed by atoms with van der Waals surface area (Å²) in [5.74, 6) is 0.860. The van der Waals surface area contributed by atoms with Crippen molar-refractivity contribution in [3.05, 3.63) is 16.0 Å². The Balaban J connectivity index is 2.13. The van der Waals surface area contributed by atoms with Gasteiger partial charge < -0.3 is 16.4 Å². The minimum absolute atomic E-state index is 0.0424. The molecule has 0 atom stereocenters. The van der Waals surface area contributed by atoms with Crippen LogP contribution in [0.4, 0.5) is 11.5 Å². The van der Waals surface area contributed by atoms with Crippen LogP contribution in [0.2, 0.25) is 0 Å². The van der Waals surface area contributed by atoms with Crippen LogP contribution in [0.15, 0.2) is 0 Å². The third-order valence-corrected chi connectivity index (χ3v) is 5.99. The molecular weight excluding hydrogens is 334 g/mol. The lowest BCUT2D eigenvalue weighted by molar-refractivity contribution is 0.0703. The molecule has 1 aliphatic heterocycles. The monoisotopic (exact) mass is 357 g/mol. The molecule has 0 radical (unpaired) electrons. The molecule has 6 nitrogen and oxygen atoms in total. The fourth-order valence-electron chi connectivity index (χ4n) is 3.41. The Morgan fingerprint density at radius 3 is 2.56 bits per heavy atom. The minimum atomic E-state index is -0.0424. The van der Waals surface area contributed by atoms with E-state index < -0.39 is 0 Å². The molecule has 0 unspecified atom stereocenters. The van der Waals surface area contributed by atoms with Gasteiger partial charge in [0.1, 0.15) is 21.6 Å². The van der Waals surface area contributed by atoms with E-state index in [4.69, 9.17) is 11.5 Å². The molecule has 1 saturated heterocycles. The lowest BCUT2D eigenvalue weighted by Crippen LogP contribution is -2.37. The van der Waals surface area contributed by atoms with Gasteiger partial charge in [-0.05, 0) is 30.2 Å². The number of hydrogen-bond donors (Lipinski definition) is 2. The number of nitrogens with zero attached hydrogens (tertiary/aromatic N) is 3. The molecule has 0 aromatic carbocycles. The van der Waals surface area contributed by atoms with Crippen LogP contribution in [0.5, 0.6) is 0 Å². The average Bonchev–Trinajstić information content (AvgIpc) is 2.89. The molecule has 1 amide bonds. The first-order valence-electron chi connectivity index (χ1n) is 8.55. The van der Waals surface area contributed by atoms with Gasteiger partial charge in [-0.2, -0.15) is 5.26 Å². The highest BCUT2D eigenvalue weighted by Gasteiger charge is 2.28. The third-order valence-electron chi connectivity index (χ3n) is 4.90. The SMILES string of the molecule is CC1CCN(C(=O)c2sc3nc(N)c(C#N)c(C(C)C)c3c2N)CC1. The van der Waals surface area contributed by atoms with Gasteiger partial charge in [0.25, 0.3) is 5.91 Å². The number of aromatic nitrogens is 1. The zero-order chi connectivity index (χ0) is 18.3. The lowest BCUT2D eigenvalue weighted by atomic mass is 9.94. The summed E-state index contributed by atoms with van der Waals surface area (Å²) in [4.78, 5) is 20.3. The largest absolute Gasteiger partial charge is 0.397 e.